The van der Waals surface area contributed by atoms with E-state index >= 15 is 0 Å². The topological polar surface area (TPSA) is 87.5 Å². The van der Waals surface area contributed by atoms with Crippen molar-refractivity contribution < 1.29 is 9.59 Å². The molecule has 2 heterocycles. The first-order valence-electron chi connectivity index (χ1n) is 10.5. The number of nitrogens with one attached hydrogen (secondary N) is 2. The van der Waals surface area contributed by atoms with Gasteiger partial charge in [0.2, 0.25) is 5.91 Å². The summed E-state index contributed by atoms with van der Waals surface area (Å²) < 4.78 is 0. The van der Waals surface area contributed by atoms with Gasteiger partial charge in [-0.15, -0.1) is 0 Å². The minimum Gasteiger partial charge on any atom is -0.369 e. The Morgan fingerprint density at radius 3 is 2.83 bits per heavy atom. The van der Waals surface area contributed by atoms with Crippen molar-refractivity contribution in [3.05, 3.63) is 48.2 Å². The molecule has 1 fully saturated rings. The van der Waals surface area contributed by atoms with E-state index in [9.17, 15) is 9.59 Å². The highest BCUT2D eigenvalue weighted by Gasteiger charge is 2.26. The molecule has 1 aromatic rings. The van der Waals surface area contributed by atoms with Gasteiger partial charge in [-0.05, 0) is 61.8 Å². The second-order valence-electron chi connectivity index (χ2n) is 8.28. The smallest absolute Gasteiger partial charge is 0.250 e. The van der Waals surface area contributed by atoms with Crippen LogP contribution in [-0.4, -0.2) is 30.9 Å². The van der Waals surface area contributed by atoms with Crippen LogP contribution in [0.1, 0.15) is 54.9 Å². The molecule has 0 radical (unpaired) electrons. The Bertz CT molecular complexity index is 817. The molecule has 2 unspecified atom stereocenters. The SMILES string of the molecule is C=CC(=O)NC1CCCN(c2ccc(C(N)=O)c3c2CCCC(C)CC(=C)N3)C1. The van der Waals surface area contributed by atoms with Crippen molar-refractivity contribution in [2.24, 2.45) is 11.7 Å². The second kappa shape index (κ2) is 9.16. The number of allylic oxidation sites excluding steroid dienone is 1. The third kappa shape index (κ3) is 5.00. The fraction of sp³-hybridized carbons (Fsp3) is 0.478. The van der Waals surface area contributed by atoms with Crippen LogP contribution in [0.25, 0.3) is 0 Å². The Hall–Kier alpha value is -2.76. The molecule has 2 aliphatic heterocycles. The lowest BCUT2D eigenvalue weighted by molar-refractivity contribution is -0.117. The Morgan fingerprint density at radius 1 is 1.31 bits per heavy atom. The van der Waals surface area contributed by atoms with Crippen LogP contribution in [0.4, 0.5) is 11.4 Å². The number of piperidine rings is 1. The van der Waals surface area contributed by atoms with Crippen LogP contribution in [-0.2, 0) is 11.2 Å². The van der Waals surface area contributed by atoms with Crippen LogP contribution in [0.2, 0.25) is 0 Å². The van der Waals surface area contributed by atoms with Crippen molar-refractivity contribution in [2.75, 3.05) is 23.3 Å². The average molecular weight is 397 g/mol. The number of fused-ring (bicyclic) bond motifs is 1. The number of carbonyl (C=O) groups excluding carboxylic acids is 2. The van der Waals surface area contributed by atoms with Crippen molar-refractivity contribution in [1.82, 2.24) is 5.32 Å². The lowest BCUT2D eigenvalue weighted by Crippen LogP contribution is -2.47. The van der Waals surface area contributed by atoms with E-state index in [4.69, 9.17) is 5.73 Å². The van der Waals surface area contributed by atoms with Crippen LogP contribution in [0, 0.1) is 5.92 Å². The zero-order valence-corrected chi connectivity index (χ0v) is 17.3. The third-order valence-corrected chi connectivity index (χ3v) is 5.87. The Kier molecular flexibility index (Phi) is 6.62. The van der Waals surface area contributed by atoms with Crippen LogP contribution in [0.3, 0.4) is 0 Å². The van der Waals surface area contributed by atoms with E-state index in [1.165, 1.54) is 6.08 Å². The lowest BCUT2D eigenvalue weighted by atomic mass is 9.95. The maximum atomic E-state index is 12.1. The fourth-order valence-corrected chi connectivity index (χ4v) is 4.49. The van der Waals surface area contributed by atoms with Gasteiger partial charge in [0.05, 0.1) is 11.3 Å². The average Bonchev–Trinajstić information content (AvgIpc) is 2.75. The number of hydrogen-bond acceptors (Lipinski definition) is 4. The molecule has 3 rings (SSSR count). The number of primary amides is 1. The number of nitrogens with zero attached hydrogens (tertiary/aromatic N) is 1. The summed E-state index contributed by atoms with van der Waals surface area (Å²) in [4.78, 5) is 26.2. The van der Waals surface area contributed by atoms with Gasteiger partial charge in [-0.3, -0.25) is 9.59 Å². The molecule has 2 aliphatic rings. The predicted octanol–water partition coefficient (Wildman–Crippen LogP) is 3.34. The quantitative estimate of drug-likeness (QED) is 0.681. The van der Waals surface area contributed by atoms with Crippen molar-refractivity contribution in [3.63, 3.8) is 0 Å². The molecule has 0 aliphatic carbocycles. The predicted molar refractivity (Wildman–Crippen MR) is 118 cm³/mol. The molecule has 1 saturated heterocycles. The molecule has 6 nitrogen and oxygen atoms in total. The largest absolute Gasteiger partial charge is 0.369 e. The van der Waals surface area contributed by atoms with Crippen LogP contribution in [0.15, 0.2) is 37.1 Å². The summed E-state index contributed by atoms with van der Waals surface area (Å²) in [7, 11) is 0. The van der Waals surface area contributed by atoms with Gasteiger partial charge in [-0.2, -0.15) is 0 Å². The summed E-state index contributed by atoms with van der Waals surface area (Å²) in [6, 6.07) is 3.90. The number of carbonyl (C=O) groups is 2. The minimum absolute atomic E-state index is 0.0833. The van der Waals surface area contributed by atoms with Crippen molar-refractivity contribution >= 4 is 23.2 Å². The van der Waals surface area contributed by atoms with Gasteiger partial charge in [-0.25, -0.2) is 0 Å². The summed E-state index contributed by atoms with van der Waals surface area (Å²) >= 11 is 0. The summed E-state index contributed by atoms with van der Waals surface area (Å²) in [5.41, 5.74) is 10.1. The lowest BCUT2D eigenvalue weighted by Gasteiger charge is -2.36. The summed E-state index contributed by atoms with van der Waals surface area (Å²) in [6.07, 6.45) is 7.16. The highest BCUT2D eigenvalue weighted by atomic mass is 16.1. The van der Waals surface area contributed by atoms with Crippen LogP contribution >= 0.6 is 0 Å². The Balaban J connectivity index is 1.97. The fourth-order valence-electron chi connectivity index (χ4n) is 4.49. The van der Waals surface area contributed by atoms with Crippen molar-refractivity contribution in [1.29, 1.82) is 0 Å². The molecule has 2 atom stereocenters. The highest BCUT2D eigenvalue weighted by molar-refractivity contribution is 6.00. The molecule has 156 valence electrons. The van der Waals surface area contributed by atoms with Gasteiger partial charge in [0, 0.05) is 30.5 Å². The Labute approximate surface area is 173 Å². The second-order valence-corrected chi connectivity index (χ2v) is 8.28. The van der Waals surface area contributed by atoms with Gasteiger partial charge < -0.3 is 21.3 Å². The van der Waals surface area contributed by atoms with Gasteiger partial charge in [-0.1, -0.05) is 26.5 Å². The van der Waals surface area contributed by atoms with Gasteiger partial charge in [0.15, 0.2) is 0 Å². The van der Waals surface area contributed by atoms with E-state index in [0.717, 1.165) is 74.2 Å². The zero-order chi connectivity index (χ0) is 21.0. The third-order valence-electron chi connectivity index (χ3n) is 5.87. The number of hydrogen-bond donors (Lipinski definition) is 3. The van der Waals surface area contributed by atoms with Crippen molar-refractivity contribution in [3.8, 4) is 0 Å². The molecular weight excluding hydrogens is 364 g/mol. The molecule has 1 aromatic carbocycles. The van der Waals surface area contributed by atoms with Crippen molar-refractivity contribution in [2.45, 2.75) is 51.5 Å². The standard InChI is InChI=1S/C23H32N4O2/c1-4-21(28)26-17-8-6-12-27(14-17)20-11-10-19(23(24)29)22-18(20)9-5-7-15(2)13-16(3)25-22/h4,10-11,15,17,25H,1,3,5-9,12-14H2,2H3,(H2,24,29)(H,26,28). The van der Waals surface area contributed by atoms with Crippen LogP contribution < -0.4 is 21.3 Å². The zero-order valence-electron chi connectivity index (χ0n) is 17.3. The molecule has 6 heteroatoms. The maximum absolute atomic E-state index is 12.1. The summed E-state index contributed by atoms with van der Waals surface area (Å²) in [5.74, 6) is -0.0341. The van der Waals surface area contributed by atoms with E-state index in [-0.39, 0.29) is 11.9 Å². The number of amides is 2. The first kappa shape index (κ1) is 21.0. The monoisotopic (exact) mass is 396 g/mol. The molecule has 4 N–H and O–H groups in total. The number of nitrogens with two attached hydrogens (primary N) is 1. The normalized spacial score (nSPS) is 22.4. The summed E-state index contributed by atoms with van der Waals surface area (Å²) in [6.45, 7) is 11.6. The van der Waals surface area contributed by atoms with E-state index in [2.05, 4.69) is 35.6 Å². The van der Waals surface area contributed by atoms with E-state index in [1.54, 1.807) is 0 Å². The molecule has 0 aromatic heterocycles. The number of anilines is 2. The maximum Gasteiger partial charge on any atom is 0.250 e. The van der Waals surface area contributed by atoms with Crippen LogP contribution in [0.5, 0.6) is 0 Å². The van der Waals surface area contributed by atoms with E-state index in [1.807, 2.05) is 12.1 Å². The van der Waals surface area contributed by atoms with Gasteiger partial charge >= 0.3 is 0 Å². The summed E-state index contributed by atoms with van der Waals surface area (Å²) in [5, 5.41) is 6.43. The first-order valence-corrected chi connectivity index (χ1v) is 10.5. The molecule has 0 saturated carbocycles. The molecule has 0 spiro atoms. The highest BCUT2D eigenvalue weighted by Crippen LogP contribution is 2.36. The molecule has 2 amide bonds. The van der Waals surface area contributed by atoms with Gasteiger partial charge in [0.25, 0.3) is 5.91 Å². The first-order chi connectivity index (χ1) is 13.9. The van der Waals surface area contributed by atoms with E-state index < -0.39 is 5.91 Å². The molecule has 29 heavy (non-hydrogen) atoms. The Morgan fingerprint density at radius 2 is 2.10 bits per heavy atom. The van der Waals surface area contributed by atoms with Gasteiger partial charge in [0.1, 0.15) is 0 Å². The van der Waals surface area contributed by atoms with E-state index in [0.29, 0.717) is 11.5 Å². The number of benzene rings is 1. The molecule has 0 bridgehead atoms. The molecular formula is C23H32N4O2. The minimum atomic E-state index is -0.435. The number of rotatable bonds is 4.